The molecule has 354 valence electrons. The van der Waals surface area contributed by atoms with E-state index in [0.29, 0.717) is 15.6 Å². The van der Waals surface area contributed by atoms with Crippen molar-refractivity contribution < 1.29 is 43.8 Å². The lowest BCUT2D eigenvalue weighted by molar-refractivity contribution is -0.162. The topological polar surface area (TPSA) is 230 Å². The average Bonchev–Trinajstić information content (AvgIpc) is 3.97. The first kappa shape index (κ1) is 48.8. The highest BCUT2D eigenvalue weighted by Crippen LogP contribution is 2.43. The number of esters is 1. The number of oxime groups is 1. The van der Waals surface area contributed by atoms with Gasteiger partial charge in [-0.1, -0.05) is 138 Å². The molecular formula is C48H42N6O10S5. The number of β-lactam (4-membered cyclic amide) rings is 1. The van der Waals surface area contributed by atoms with Crippen LogP contribution in [0.4, 0.5) is 5.13 Å². The van der Waals surface area contributed by atoms with Gasteiger partial charge in [0.25, 0.3) is 22.8 Å². The minimum Gasteiger partial charge on any atom is -0.477 e. The van der Waals surface area contributed by atoms with E-state index in [1.165, 1.54) is 23.1 Å². The van der Waals surface area contributed by atoms with Crippen molar-refractivity contribution >= 4 is 98.7 Å². The first-order chi connectivity index (χ1) is 33.1. The molecule has 0 spiro atoms. The Morgan fingerprint density at radius 3 is 2.00 bits per heavy atom. The second-order valence-electron chi connectivity index (χ2n) is 16.3. The normalized spacial score (nSPS) is 16.5. The summed E-state index contributed by atoms with van der Waals surface area (Å²) in [4.78, 5) is 91.3. The minimum atomic E-state index is -1.42. The summed E-state index contributed by atoms with van der Waals surface area (Å²) in [7, 11) is 0. The van der Waals surface area contributed by atoms with Crippen LogP contribution in [0.15, 0.2) is 157 Å². The summed E-state index contributed by atoms with van der Waals surface area (Å²) in [6.07, 6.45) is 0. The summed E-state index contributed by atoms with van der Waals surface area (Å²) < 4.78 is 8.24. The smallest absolute Gasteiger partial charge is 0.361 e. The molecule has 6 aromatic rings. The molecule has 3 unspecified atom stereocenters. The SMILES string of the molecule is CC(C)(C)OC(=O)C(O/N=C(\C(=O)NC1C(=O)N2C(C(=O)O)=C(CSc3s[nH]c(=O)c3C(=O)O)CSC12)c1csc(NC(c2ccccc2)(c2ccccc2)c2ccccc2)n1)Sc1ccccc1. The monoisotopic (exact) mass is 1020 g/mol. The molecule has 1 fully saturated rings. The van der Waals surface area contributed by atoms with Gasteiger partial charge in [-0.3, -0.25) is 23.7 Å². The lowest BCUT2D eigenvalue weighted by Crippen LogP contribution is -2.71. The number of H-pyrrole nitrogens is 1. The highest BCUT2D eigenvalue weighted by Gasteiger charge is 2.54. The molecule has 4 heterocycles. The van der Waals surface area contributed by atoms with E-state index in [2.05, 4.69) is 20.2 Å². The Morgan fingerprint density at radius 1 is 0.870 bits per heavy atom. The molecular weight excluding hydrogens is 981 g/mol. The van der Waals surface area contributed by atoms with Crippen molar-refractivity contribution in [1.82, 2.24) is 19.6 Å². The molecule has 4 aromatic carbocycles. The van der Waals surface area contributed by atoms with Crippen LogP contribution < -0.4 is 16.2 Å². The molecule has 16 nitrogen and oxygen atoms in total. The maximum Gasteiger partial charge on any atom is 0.361 e. The number of hydrogen-bond donors (Lipinski definition) is 5. The van der Waals surface area contributed by atoms with Crippen molar-refractivity contribution in [3.63, 3.8) is 0 Å². The van der Waals surface area contributed by atoms with Crippen LogP contribution in [0.1, 0.15) is 53.5 Å². The van der Waals surface area contributed by atoms with E-state index in [4.69, 9.17) is 14.6 Å². The molecule has 3 atom stereocenters. The van der Waals surface area contributed by atoms with E-state index < -0.39 is 68.8 Å². The maximum atomic E-state index is 14.6. The molecule has 1 saturated heterocycles. The number of aromatic carboxylic acids is 1. The molecule has 2 aliphatic heterocycles. The number of nitrogens with zero attached hydrogens (tertiary/aromatic N) is 3. The molecule has 0 bridgehead atoms. The fourth-order valence-corrected chi connectivity index (χ4v) is 12.5. The average molecular weight is 1020 g/mol. The van der Waals surface area contributed by atoms with E-state index in [1.807, 2.05) is 97.1 Å². The van der Waals surface area contributed by atoms with Gasteiger partial charge in [0.1, 0.15) is 33.9 Å². The number of carboxylic acids is 2. The van der Waals surface area contributed by atoms with Crippen LogP contribution in [0, 0.1) is 0 Å². The number of fused-ring (bicyclic) bond motifs is 1. The fourth-order valence-electron chi connectivity index (χ4n) is 7.50. The third-order valence-corrected chi connectivity index (χ3v) is 15.9. The summed E-state index contributed by atoms with van der Waals surface area (Å²) >= 11 is 5.18. The molecule has 8 rings (SSSR count). The molecule has 21 heteroatoms. The van der Waals surface area contributed by atoms with Gasteiger partial charge in [0, 0.05) is 21.8 Å². The van der Waals surface area contributed by atoms with E-state index in [0.717, 1.165) is 56.6 Å². The lowest BCUT2D eigenvalue weighted by atomic mass is 9.77. The van der Waals surface area contributed by atoms with E-state index in [-0.39, 0.29) is 32.8 Å². The number of thioether (sulfide) groups is 3. The third-order valence-electron chi connectivity index (χ3n) is 10.5. The summed E-state index contributed by atoms with van der Waals surface area (Å²) in [6.45, 7) is 5.12. The number of hydrogen-bond acceptors (Lipinski definition) is 16. The highest BCUT2D eigenvalue weighted by atomic mass is 32.2. The summed E-state index contributed by atoms with van der Waals surface area (Å²) in [6, 6.07) is 37.2. The quantitative estimate of drug-likeness (QED) is 0.0106. The Balaban J connectivity index is 1.13. The minimum absolute atomic E-state index is 0.0233. The predicted molar refractivity (Wildman–Crippen MR) is 267 cm³/mol. The zero-order chi connectivity index (χ0) is 48.9. The van der Waals surface area contributed by atoms with Crippen molar-refractivity contribution in [3.8, 4) is 0 Å². The number of thiazole rings is 1. The molecule has 2 aliphatic rings. The molecule has 5 N–H and O–H groups in total. The van der Waals surface area contributed by atoms with Crippen LogP contribution in [-0.2, 0) is 34.3 Å². The van der Waals surface area contributed by atoms with Crippen LogP contribution in [0.2, 0.25) is 0 Å². The fraction of sp³-hybridized carbons (Fsp3) is 0.208. The van der Waals surface area contributed by atoms with Crippen molar-refractivity contribution in [3.05, 3.63) is 176 Å². The van der Waals surface area contributed by atoms with Gasteiger partial charge in [0.15, 0.2) is 16.4 Å². The van der Waals surface area contributed by atoms with Gasteiger partial charge in [-0.25, -0.2) is 19.4 Å². The van der Waals surface area contributed by atoms with Crippen LogP contribution in [0.5, 0.6) is 0 Å². The molecule has 2 aromatic heterocycles. The van der Waals surface area contributed by atoms with Gasteiger partial charge < -0.3 is 30.4 Å². The molecule has 0 aliphatic carbocycles. The van der Waals surface area contributed by atoms with Gasteiger partial charge in [-0.2, -0.15) is 0 Å². The maximum absolute atomic E-state index is 14.6. The number of carbonyl (C=O) groups is 5. The molecule has 0 radical (unpaired) electrons. The number of anilines is 1. The Morgan fingerprint density at radius 2 is 1.45 bits per heavy atom. The van der Waals surface area contributed by atoms with Gasteiger partial charge >= 0.3 is 17.9 Å². The first-order valence-electron chi connectivity index (χ1n) is 21.0. The number of nitrogens with one attached hydrogen (secondary N) is 3. The Labute approximate surface area is 415 Å². The largest absolute Gasteiger partial charge is 0.477 e. The third kappa shape index (κ3) is 10.7. The van der Waals surface area contributed by atoms with Crippen LogP contribution in [-0.4, -0.2) is 93.9 Å². The van der Waals surface area contributed by atoms with Crippen LogP contribution >= 0.6 is 58.2 Å². The second-order valence-corrected chi connectivity index (χ2v) is 21.4. The van der Waals surface area contributed by atoms with Crippen molar-refractivity contribution in [1.29, 1.82) is 0 Å². The number of aliphatic carboxylic acids is 1. The number of carboxylic acid groups (broad SMARTS) is 2. The molecule has 69 heavy (non-hydrogen) atoms. The number of benzene rings is 4. The standard InChI is InChI=1S/C48H42N6O10S5/c1-47(2,3)63-43(62)44(68-31-22-14-7-15-23-31)64-52-34(32-26-67-46(49-32)51-48(28-16-8-4-9-17-28,29-18-10-5-11-19-29)30-20-12-6-13-21-30)38(56)50-35-39(57)54-36(42(60)61)27(24-65-40(35)54)25-66-45-33(41(58)59)37(55)53-69-45/h4-23,26,35,40,44H,24-25H2,1-3H3,(H,49,51)(H,50,56)(H,53,55)(H,58,59)(H,60,61)/b52-34-. The van der Waals surface area contributed by atoms with Crippen molar-refractivity contribution in [2.75, 3.05) is 16.8 Å². The number of rotatable bonds is 18. The summed E-state index contributed by atoms with van der Waals surface area (Å²) in [5.74, 6) is -5.11. The van der Waals surface area contributed by atoms with Crippen molar-refractivity contribution in [2.24, 2.45) is 5.16 Å². The number of carbonyl (C=O) groups excluding carboxylic acids is 3. The Bertz CT molecular complexity index is 2900. The summed E-state index contributed by atoms with van der Waals surface area (Å²) in [5.41, 5.74) is -2.15. The van der Waals surface area contributed by atoms with Crippen LogP contribution in [0.25, 0.3) is 0 Å². The van der Waals surface area contributed by atoms with Crippen molar-refractivity contribution in [2.45, 2.75) is 57.9 Å². The highest BCUT2D eigenvalue weighted by molar-refractivity contribution is 8.02. The van der Waals surface area contributed by atoms with Gasteiger partial charge in [0.2, 0.25) is 0 Å². The van der Waals surface area contributed by atoms with E-state index in [1.54, 1.807) is 50.4 Å². The zero-order valence-corrected chi connectivity index (χ0v) is 40.9. The number of ether oxygens (including phenoxy) is 1. The van der Waals surface area contributed by atoms with E-state index >= 15 is 0 Å². The lowest BCUT2D eigenvalue weighted by Gasteiger charge is -2.49. The summed E-state index contributed by atoms with van der Waals surface area (Å²) in [5, 5.41) is 31.7. The second kappa shape index (κ2) is 20.9. The number of amides is 2. The number of aromatic nitrogens is 2. The molecule has 0 saturated carbocycles. The van der Waals surface area contributed by atoms with Crippen LogP contribution in [0.3, 0.4) is 0 Å². The molecule has 2 amide bonds. The Kier molecular flexibility index (Phi) is 14.8. The number of aromatic amines is 1. The predicted octanol–water partition coefficient (Wildman–Crippen LogP) is 7.71. The first-order valence-corrected chi connectivity index (χ1v) is 25.6. The Hall–Kier alpha value is -6.65. The van der Waals surface area contributed by atoms with Gasteiger partial charge in [-0.15, -0.1) is 34.9 Å². The van der Waals surface area contributed by atoms with E-state index in [9.17, 15) is 39.0 Å². The van der Waals surface area contributed by atoms with Gasteiger partial charge in [0.05, 0.1) is 4.21 Å². The van der Waals surface area contributed by atoms with Gasteiger partial charge in [-0.05, 0) is 55.2 Å². The zero-order valence-electron chi connectivity index (χ0n) is 36.8.